The average molecular weight is 567 g/mol. The number of nitrogens with one attached hydrogen (secondary N) is 1. The van der Waals surface area contributed by atoms with E-state index in [0.29, 0.717) is 17.8 Å². The van der Waals surface area contributed by atoms with Crippen molar-refractivity contribution in [3.63, 3.8) is 0 Å². The Bertz CT molecular complexity index is 1210. The van der Waals surface area contributed by atoms with E-state index >= 15 is 0 Å². The summed E-state index contributed by atoms with van der Waals surface area (Å²) in [5.74, 6) is 1.07. The van der Waals surface area contributed by atoms with Gasteiger partial charge in [0.25, 0.3) is 5.91 Å². The Morgan fingerprint density at radius 2 is 1.78 bits per heavy atom. The van der Waals surface area contributed by atoms with Crippen molar-refractivity contribution in [3.8, 4) is 5.75 Å². The highest BCUT2D eigenvalue weighted by Gasteiger charge is 2.62. The van der Waals surface area contributed by atoms with Gasteiger partial charge in [-0.25, -0.2) is 4.79 Å². The Labute approximate surface area is 243 Å². The fourth-order valence-corrected chi connectivity index (χ4v) is 8.60. The van der Waals surface area contributed by atoms with Gasteiger partial charge in [0, 0.05) is 6.42 Å². The summed E-state index contributed by atoms with van der Waals surface area (Å²) in [7, 11) is 0. The molecular formula is C33H46N2O6. The second-order valence-electron chi connectivity index (χ2n) is 13.4. The van der Waals surface area contributed by atoms with Crippen LogP contribution in [-0.4, -0.2) is 52.7 Å². The van der Waals surface area contributed by atoms with Crippen LogP contribution >= 0.6 is 0 Å². The third-order valence-electron chi connectivity index (χ3n) is 11.2. The third-order valence-corrected chi connectivity index (χ3v) is 11.2. The van der Waals surface area contributed by atoms with Crippen molar-refractivity contribution in [2.24, 2.45) is 33.7 Å². The number of amides is 1. The van der Waals surface area contributed by atoms with Gasteiger partial charge in [0.1, 0.15) is 11.8 Å². The van der Waals surface area contributed by atoms with Crippen molar-refractivity contribution in [2.45, 2.75) is 97.1 Å². The van der Waals surface area contributed by atoms with Gasteiger partial charge >= 0.3 is 5.97 Å². The van der Waals surface area contributed by atoms with Crippen LogP contribution in [0.4, 0.5) is 0 Å². The molecule has 3 fully saturated rings. The van der Waals surface area contributed by atoms with Gasteiger partial charge in [0.15, 0.2) is 6.61 Å². The van der Waals surface area contributed by atoms with E-state index in [9.17, 15) is 19.8 Å². The molecule has 8 heteroatoms. The first-order valence-corrected chi connectivity index (χ1v) is 15.3. The summed E-state index contributed by atoms with van der Waals surface area (Å²) in [5, 5.41) is 27.7. The summed E-state index contributed by atoms with van der Waals surface area (Å²) in [6, 6.07) is 5.63. The van der Waals surface area contributed by atoms with Gasteiger partial charge in [-0.15, -0.1) is 0 Å². The Morgan fingerprint density at radius 3 is 2.51 bits per heavy atom. The normalized spacial score (nSPS) is 35.9. The van der Waals surface area contributed by atoms with Crippen LogP contribution in [0.2, 0.25) is 0 Å². The van der Waals surface area contributed by atoms with Gasteiger partial charge in [-0.3, -0.25) is 4.79 Å². The minimum absolute atomic E-state index is 0.0256. The van der Waals surface area contributed by atoms with E-state index in [1.807, 2.05) is 0 Å². The summed E-state index contributed by atoms with van der Waals surface area (Å²) >= 11 is 0. The van der Waals surface area contributed by atoms with Crippen LogP contribution in [0, 0.1) is 28.6 Å². The zero-order valence-corrected chi connectivity index (χ0v) is 24.9. The number of esters is 1. The second kappa shape index (κ2) is 11.4. The molecule has 41 heavy (non-hydrogen) atoms. The van der Waals surface area contributed by atoms with Crippen molar-refractivity contribution in [1.29, 1.82) is 0 Å². The van der Waals surface area contributed by atoms with Gasteiger partial charge in [0.2, 0.25) is 0 Å². The highest BCUT2D eigenvalue weighted by molar-refractivity contribution is 5.96. The minimum atomic E-state index is -0.864. The molecule has 3 N–H and O–H groups in total. The molecule has 1 aromatic carbocycles. The summed E-state index contributed by atoms with van der Waals surface area (Å²) in [6.45, 7) is 8.45. The standard InChI is InChI=1S/C33H46N2O6/c1-5-40-30(38)28(18-21-6-9-24(36)10-7-21)34-29(37)20-41-35-23-12-15-31(2)22(19-23)8-11-25-26(31)13-16-32(3)27(25)14-17-33(32,4)39/h6-7,9-10,19,25-28,36,39H,5,8,11-18,20H2,1-4H3,(H,34,37)/b35-23-/t25-,26+,27-,28+,31+,32+,33+/m1/s1. The van der Waals surface area contributed by atoms with Crippen molar-refractivity contribution in [3.05, 3.63) is 41.5 Å². The molecule has 1 amide bonds. The van der Waals surface area contributed by atoms with Crippen LogP contribution in [0.3, 0.4) is 0 Å². The SMILES string of the molecule is CCOC(=O)[C@H](Cc1ccc(O)cc1)NC(=O)CO/N=C1\C=C2CC[C@H]3[C@H]4CC[C@](C)(O)[C@@]4(C)CC[C@@H]3[C@@]2(C)CC1. The summed E-state index contributed by atoms with van der Waals surface area (Å²) in [5.41, 5.74) is 2.71. The van der Waals surface area contributed by atoms with Gasteiger partial charge < -0.3 is 25.1 Å². The fraction of sp³-hybridized carbons (Fsp3) is 0.667. The lowest BCUT2D eigenvalue weighted by Crippen LogP contribution is -2.53. The van der Waals surface area contributed by atoms with Crippen LogP contribution in [0.1, 0.15) is 84.6 Å². The Kier molecular flexibility index (Phi) is 8.25. The van der Waals surface area contributed by atoms with Crippen LogP contribution < -0.4 is 5.32 Å². The average Bonchev–Trinajstić information content (AvgIpc) is 3.18. The largest absolute Gasteiger partial charge is 0.508 e. The Hall–Kier alpha value is -2.87. The quantitative estimate of drug-likeness (QED) is 0.299. The maximum absolute atomic E-state index is 12.7. The predicted octanol–water partition coefficient (Wildman–Crippen LogP) is 5.07. The molecule has 5 rings (SSSR count). The summed E-state index contributed by atoms with van der Waals surface area (Å²) < 4.78 is 5.15. The Morgan fingerprint density at radius 1 is 1.05 bits per heavy atom. The number of ether oxygens (including phenoxy) is 1. The van der Waals surface area contributed by atoms with E-state index in [-0.39, 0.29) is 36.2 Å². The molecule has 4 aliphatic rings. The number of phenolic OH excluding ortho intramolecular Hbond substituents is 1. The zero-order chi connectivity index (χ0) is 29.4. The number of oxime groups is 1. The Balaban J connectivity index is 1.19. The number of aliphatic hydroxyl groups is 1. The molecule has 0 unspecified atom stereocenters. The predicted molar refractivity (Wildman–Crippen MR) is 156 cm³/mol. The summed E-state index contributed by atoms with van der Waals surface area (Å²) in [6.07, 6.45) is 10.8. The highest BCUT2D eigenvalue weighted by Crippen LogP contribution is 2.67. The lowest BCUT2D eigenvalue weighted by atomic mass is 9.46. The van der Waals surface area contributed by atoms with Gasteiger partial charge in [-0.05, 0) is 118 Å². The topological polar surface area (TPSA) is 117 Å². The number of carbonyl (C=O) groups excluding carboxylic acids is 2. The lowest BCUT2D eigenvalue weighted by Gasteiger charge is -2.59. The molecule has 0 spiro atoms. The number of nitrogens with zero attached hydrogens (tertiary/aromatic N) is 1. The molecule has 3 saturated carbocycles. The van der Waals surface area contributed by atoms with E-state index in [4.69, 9.17) is 9.57 Å². The number of phenols is 1. The molecular weight excluding hydrogens is 520 g/mol. The smallest absolute Gasteiger partial charge is 0.328 e. The van der Waals surface area contributed by atoms with Gasteiger partial charge in [-0.1, -0.05) is 36.7 Å². The molecule has 224 valence electrons. The number of fused-ring (bicyclic) bond motifs is 5. The van der Waals surface area contributed by atoms with Crippen molar-refractivity contribution < 1.29 is 29.4 Å². The third kappa shape index (κ3) is 5.64. The molecule has 0 bridgehead atoms. The molecule has 0 radical (unpaired) electrons. The number of rotatable bonds is 8. The number of hydrogen-bond donors (Lipinski definition) is 3. The van der Waals surface area contributed by atoms with E-state index in [0.717, 1.165) is 62.6 Å². The number of hydrogen-bond acceptors (Lipinski definition) is 7. The molecule has 7 atom stereocenters. The van der Waals surface area contributed by atoms with Crippen LogP contribution in [-0.2, 0) is 25.6 Å². The molecule has 0 heterocycles. The molecule has 4 aliphatic carbocycles. The maximum atomic E-state index is 12.7. The fourth-order valence-electron chi connectivity index (χ4n) is 8.60. The molecule has 0 saturated heterocycles. The first-order valence-electron chi connectivity index (χ1n) is 15.3. The van der Waals surface area contributed by atoms with E-state index < -0.39 is 23.5 Å². The van der Waals surface area contributed by atoms with E-state index in [1.165, 1.54) is 5.57 Å². The van der Waals surface area contributed by atoms with Crippen LogP contribution in [0.25, 0.3) is 0 Å². The molecule has 0 aromatic heterocycles. The maximum Gasteiger partial charge on any atom is 0.328 e. The first kappa shape index (κ1) is 29.6. The minimum Gasteiger partial charge on any atom is -0.508 e. The van der Waals surface area contributed by atoms with Crippen molar-refractivity contribution in [2.75, 3.05) is 13.2 Å². The van der Waals surface area contributed by atoms with E-state index in [1.54, 1.807) is 31.2 Å². The van der Waals surface area contributed by atoms with Crippen LogP contribution in [0.15, 0.2) is 41.1 Å². The number of allylic oxidation sites excluding steroid dienone is 2. The van der Waals surface area contributed by atoms with E-state index in [2.05, 4.69) is 37.3 Å². The monoisotopic (exact) mass is 566 g/mol. The first-order chi connectivity index (χ1) is 19.5. The number of carbonyl (C=O) groups is 2. The second-order valence-corrected chi connectivity index (χ2v) is 13.4. The summed E-state index contributed by atoms with van der Waals surface area (Å²) in [4.78, 5) is 30.6. The zero-order valence-electron chi connectivity index (χ0n) is 24.9. The molecule has 0 aliphatic heterocycles. The molecule has 1 aromatic rings. The van der Waals surface area contributed by atoms with Crippen molar-refractivity contribution in [1.82, 2.24) is 5.32 Å². The van der Waals surface area contributed by atoms with Gasteiger partial charge in [0.05, 0.1) is 17.9 Å². The number of benzene rings is 1. The molecule has 8 nitrogen and oxygen atoms in total. The van der Waals surface area contributed by atoms with Gasteiger partial charge in [-0.2, -0.15) is 0 Å². The van der Waals surface area contributed by atoms with Crippen molar-refractivity contribution >= 4 is 17.6 Å². The highest BCUT2D eigenvalue weighted by atomic mass is 16.6. The van der Waals surface area contributed by atoms with Crippen LogP contribution in [0.5, 0.6) is 5.75 Å². The lowest BCUT2D eigenvalue weighted by molar-refractivity contribution is -0.147. The number of aromatic hydroxyl groups is 1.